The van der Waals surface area contributed by atoms with Crippen LogP contribution in [0.3, 0.4) is 0 Å². The van der Waals surface area contributed by atoms with E-state index >= 15 is 0 Å². The molecule has 0 spiro atoms. The number of carboxylic acids is 1. The second-order valence-corrected chi connectivity index (χ2v) is 9.91. The third-order valence-corrected chi connectivity index (χ3v) is 6.52. The Balaban J connectivity index is 1.64. The standard InChI is InChI=1S/C25H43N9O3/c26-24-14-27-7-10-30-17-25(18-31-11-8-28-15-24,19-32-12-9-29-16-24)33-13-20-1-3-21(4-2-20)34-22(35)5-6-23(36)37/h1-6,27-33H,7-19,26H2,(H,34,35)(H,36,37)/b6-5+. The molecule has 3 saturated heterocycles. The molecule has 2 bridgehead atoms. The van der Waals surface area contributed by atoms with Crippen LogP contribution in [0.5, 0.6) is 0 Å². The molecule has 12 heteroatoms. The molecule has 37 heavy (non-hydrogen) atoms. The molecule has 4 rings (SSSR count). The molecule has 1 amide bonds. The van der Waals surface area contributed by atoms with Crippen LogP contribution in [0.25, 0.3) is 0 Å². The van der Waals surface area contributed by atoms with Gasteiger partial charge in [-0.05, 0) is 17.7 Å². The summed E-state index contributed by atoms with van der Waals surface area (Å²) in [5, 5.41) is 36.5. The fraction of sp³-hybridized carbons (Fsp3) is 0.600. The number of carbonyl (C=O) groups is 2. The van der Waals surface area contributed by atoms with Gasteiger partial charge in [0, 0.05) is 103 Å². The molecule has 206 valence electrons. The quantitative estimate of drug-likeness (QED) is 0.178. The highest BCUT2D eigenvalue weighted by Gasteiger charge is 2.30. The van der Waals surface area contributed by atoms with E-state index in [1.54, 1.807) is 0 Å². The highest BCUT2D eigenvalue weighted by atomic mass is 16.4. The molecule has 12 nitrogen and oxygen atoms in total. The van der Waals surface area contributed by atoms with E-state index in [4.69, 9.17) is 10.8 Å². The SMILES string of the molecule is NC12CNCCNCC(NCc3ccc(NC(=O)/C=C/C(=O)O)cc3)(CNCCNC1)CNCCNC2. The van der Waals surface area contributed by atoms with Gasteiger partial charge >= 0.3 is 5.97 Å². The molecule has 0 saturated carbocycles. The number of nitrogens with one attached hydrogen (secondary N) is 8. The van der Waals surface area contributed by atoms with E-state index < -0.39 is 11.9 Å². The molecular formula is C25H43N9O3. The van der Waals surface area contributed by atoms with Crippen molar-refractivity contribution in [1.29, 1.82) is 0 Å². The van der Waals surface area contributed by atoms with Gasteiger partial charge in [0.25, 0.3) is 0 Å². The van der Waals surface area contributed by atoms with Crippen molar-refractivity contribution in [2.75, 3.05) is 83.9 Å². The molecular weight excluding hydrogens is 474 g/mol. The van der Waals surface area contributed by atoms with Gasteiger partial charge in [-0.15, -0.1) is 0 Å². The van der Waals surface area contributed by atoms with Crippen LogP contribution in [-0.2, 0) is 16.1 Å². The first kappa shape index (κ1) is 29.1. The fourth-order valence-corrected chi connectivity index (χ4v) is 4.41. The predicted molar refractivity (Wildman–Crippen MR) is 146 cm³/mol. The average Bonchev–Trinajstić information content (AvgIpc) is 2.88. The second-order valence-electron chi connectivity index (χ2n) is 9.91. The van der Waals surface area contributed by atoms with Crippen molar-refractivity contribution in [1.82, 2.24) is 37.2 Å². The first-order valence-electron chi connectivity index (χ1n) is 13.0. The van der Waals surface area contributed by atoms with E-state index in [0.29, 0.717) is 12.2 Å². The summed E-state index contributed by atoms with van der Waals surface area (Å²) in [6.07, 6.45) is 1.81. The van der Waals surface area contributed by atoms with Crippen LogP contribution in [0.15, 0.2) is 36.4 Å². The lowest BCUT2D eigenvalue weighted by atomic mass is 9.97. The smallest absolute Gasteiger partial charge is 0.328 e. The summed E-state index contributed by atoms with van der Waals surface area (Å²) < 4.78 is 0. The van der Waals surface area contributed by atoms with E-state index in [1.165, 1.54) is 0 Å². The lowest BCUT2D eigenvalue weighted by Crippen LogP contribution is -2.66. The molecule has 3 aliphatic heterocycles. The molecule has 0 aromatic heterocycles. The molecule has 3 aliphatic rings. The number of benzene rings is 1. The van der Waals surface area contributed by atoms with Crippen molar-refractivity contribution < 1.29 is 14.7 Å². The van der Waals surface area contributed by atoms with Gasteiger partial charge in [-0.2, -0.15) is 0 Å². The molecule has 3 heterocycles. The van der Waals surface area contributed by atoms with Gasteiger partial charge in [0.05, 0.1) is 11.1 Å². The Morgan fingerprint density at radius 2 is 1.24 bits per heavy atom. The van der Waals surface area contributed by atoms with E-state index in [2.05, 4.69) is 42.5 Å². The predicted octanol–water partition coefficient (Wildman–Crippen LogP) is -2.64. The van der Waals surface area contributed by atoms with E-state index in [9.17, 15) is 9.59 Å². The van der Waals surface area contributed by atoms with Gasteiger partial charge in [0.15, 0.2) is 0 Å². The van der Waals surface area contributed by atoms with Crippen LogP contribution in [-0.4, -0.2) is 107 Å². The number of fused-ring (bicyclic) bond motifs is 15. The van der Waals surface area contributed by atoms with E-state index in [-0.39, 0.29) is 11.1 Å². The number of carboxylic acid groups (broad SMARTS) is 1. The summed E-state index contributed by atoms with van der Waals surface area (Å²) in [5.74, 6) is -1.64. The Hall–Kier alpha value is -2.42. The number of nitrogens with two attached hydrogens (primary N) is 1. The molecule has 0 atom stereocenters. The minimum atomic E-state index is -1.16. The molecule has 3 fully saturated rings. The lowest BCUT2D eigenvalue weighted by Gasteiger charge is -2.37. The van der Waals surface area contributed by atoms with Crippen molar-refractivity contribution in [2.45, 2.75) is 17.6 Å². The summed E-state index contributed by atoms with van der Waals surface area (Å²) in [6, 6.07) is 7.55. The highest BCUT2D eigenvalue weighted by molar-refractivity contribution is 6.02. The zero-order chi connectivity index (χ0) is 26.4. The third-order valence-electron chi connectivity index (χ3n) is 6.52. The van der Waals surface area contributed by atoms with E-state index in [1.807, 2.05) is 24.3 Å². The van der Waals surface area contributed by atoms with Crippen LogP contribution in [0.2, 0.25) is 0 Å². The highest BCUT2D eigenvalue weighted by Crippen LogP contribution is 2.12. The largest absolute Gasteiger partial charge is 0.478 e. The van der Waals surface area contributed by atoms with Crippen molar-refractivity contribution in [3.63, 3.8) is 0 Å². The number of aliphatic carboxylic acids is 1. The summed E-state index contributed by atoms with van der Waals surface area (Å²) in [4.78, 5) is 22.4. The monoisotopic (exact) mass is 517 g/mol. The molecule has 1 aromatic carbocycles. The van der Waals surface area contributed by atoms with Gasteiger partial charge in [-0.3, -0.25) is 4.79 Å². The maximum atomic E-state index is 11.8. The summed E-state index contributed by atoms with van der Waals surface area (Å²) in [6.45, 7) is 10.3. The zero-order valence-corrected chi connectivity index (χ0v) is 21.5. The Bertz CT molecular complexity index is 835. The first-order valence-corrected chi connectivity index (χ1v) is 13.0. The number of anilines is 1. The second kappa shape index (κ2) is 15.1. The topological polar surface area (TPSA) is 177 Å². The number of hydrogen-bond acceptors (Lipinski definition) is 10. The number of hydrogen-bond donors (Lipinski definition) is 10. The Kier molecular flexibility index (Phi) is 11.9. The zero-order valence-electron chi connectivity index (χ0n) is 21.5. The van der Waals surface area contributed by atoms with Crippen LogP contribution in [0.4, 0.5) is 5.69 Å². The Morgan fingerprint density at radius 3 is 1.70 bits per heavy atom. The average molecular weight is 518 g/mol. The van der Waals surface area contributed by atoms with E-state index in [0.717, 1.165) is 96.3 Å². The van der Waals surface area contributed by atoms with Crippen molar-refractivity contribution in [3.8, 4) is 0 Å². The van der Waals surface area contributed by atoms with Crippen LogP contribution in [0.1, 0.15) is 5.56 Å². The van der Waals surface area contributed by atoms with Crippen LogP contribution in [0, 0.1) is 0 Å². The molecule has 0 radical (unpaired) electrons. The van der Waals surface area contributed by atoms with Crippen LogP contribution < -0.4 is 48.3 Å². The van der Waals surface area contributed by atoms with Gasteiger partial charge in [0.1, 0.15) is 0 Å². The van der Waals surface area contributed by atoms with Gasteiger partial charge < -0.3 is 53.4 Å². The minimum absolute atomic E-state index is 0.222. The maximum Gasteiger partial charge on any atom is 0.328 e. The lowest BCUT2D eigenvalue weighted by molar-refractivity contribution is -0.131. The summed E-state index contributed by atoms with van der Waals surface area (Å²) in [5.41, 5.74) is 7.80. The van der Waals surface area contributed by atoms with Crippen molar-refractivity contribution in [3.05, 3.63) is 42.0 Å². The maximum absolute atomic E-state index is 11.8. The molecule has 0 aliphatic carbocycles. The first-order chi connectivity index (χ1) is 17.9. The summed E-state index contributed by atoms with van der Waals surface area (Å²) in [7, 11) is 0. The Labute approximate surface area is 219 Å². The number of rotatable bonds is 6. The molecule has 1 aromatic rings. The normalized spacial score (nSPS) is 26.8. The fourth-order valence-electron chi connectivity index (χ4n) is 4.41. The summed E-state index contributed by atoms with van der Waals surface area (Å²) >= 11 is 0. The molecule has 0 unspecified atom stereocenters. The van der Waals surface area contributed by atoms with Gasteiger partial charge in [-0.1, -0.05) is 12.1 Å². The van der Waals surface area contributed by atoms with Crippen LogP contribution >= 0.6 is 0 Å². The third kappa shape index (κ3) is 10.8. The van der Waals surface area contributed by atoms with Gasteiger partial charge in [-0.25, -0.2) is 4.79 Å². The number of carbonyl (C=O) groups excluding carboxylic acids is 1. The van der Waals surface area contributed by atoms with Gasteiger partial charge in [0.2, 0.25) is 5.91 Å². The molecule has 11 N–H and O–H groups in total. The van der Waals surface area contributed by atoms with Crippen molar-refractivity contribution >= 4 is 17.6 Å². The van der Waals surface area contributed by atoms with Crippen molar-refractivity contribution in [2.24, 2.45) is 5.73 Å². The number of amides is 1. The minimum Gasteiger partial charge on any atom is -0.478 e. The Morgan fingerprint density at radius 1 is 0.784 bits per heavy atom.